The van der Waals surface area contributed by atoms with Gasteiger partial charge in [-0.15, -0.1) is 11.5 Å². The van der Waals surface area contributed by atoms with Gasteiger partial charge in [0.05, 0.1) is 19.3 Å². The van der Waals surface area contributed by atoms with Crippen LogP contribution in [0, 0.1) is 17.4 Å². The molecule has 3 atom stereocenters. The summed E-state index contributed by atoms with van der Waals surface area (Å²) in [5.74, 6) is 2.03. The van der Waals surface area contributed by atoms with Crippen LogP contribution in [0.1, 0.15) is 32.6 Å². The van der Waals surface area contributed by atoms with E-state index in [9.17, 15) is 26.4 Å². The highest BCUT2D eigenvalue weighted by molar-refractivity contribution is 7.87. The summed E-state index contributed by atoms with van der Waals surface area (Å²) in [6, 6.07) is 0. The van der Waals surface area contributed by atoms with Gasteiger partial charge in [-0.3, -0.25) is 4.79 Å². The molecule has 0 aromatic rings. The van der Waals surface area contributed by atoms with Crippen molar-refractivity contribution in [3.05, 3.63) is 11.8 Å². The second kappa shape index (κ2) is 10.00. The van der Waals surface area contributed by atoms with Gasteiger partial charge in [-0.1, -0.05) is 26.6 Å². The normalized spacial score (nSPS) is 21.4. The van der Waals surface area contributed by atoms with Crippen molar-refractivity contribution in [3.63, 3.8) is 0 Å². The van der Waals surface area contributed by atoms with Crippen LogP contribution in [0.2, 0.25) is 19.6 Å². The monoisotopic (exact) mass is 456 g/mol. The summed E-state index contributed by atoms with van der Waals surface area (Å²) in [4.78, 5) is 11.4. The van der Waals surface area contributed by atoms with Crippen molar-refractivity contribution in [2.45, 2.75) is 70.0 Å². The van der Waals surface area contributed by atoms with Crippen molar-refractivity contribution in [1.29, 1.82) is 0 Å². The number of esters is 1. The second-order valence-corrected chi connectivity index (χ2v) is 14.3. The van der Waals surface area contributed by atoms with E-state index in [1.807, 2.05) is 19.6 Å². The summed E-state index contributed by atoms with van der Waals surface area (Å²) in [7, 11) is -6.16. The van der Waals surface area contributed by atoms with Crippen LogP contribution in [0.15, 0.2) is 11.8 Å². The van der Waals surface area contributed by atoms with Crippen molar-refractivity contribution in [1.82, 2.24) is 0 Å². The molecule has 6 nitrogen and oxygen atoms in total. The van der Waals surface area contributed by atoms with Gasteiger partial charge < -0.3 is 13.7 Å². The molecule has 1 aliphatic heterocycles. The average molecular weight is 457 g/mol. The molecule has 0 spiro atoms. The fourth-order valence-corrected chi connectivity index (χ4v) is 3.78. The van der Waals surface area contributed by atoms with Crippen LogP contribution in [0.3, 0.4) is 0 Å². The highest BCUT2D eigenvalue weighted by Crippen LogP contribution is 2.32. The Kier molecular flexibility index (Phi) is 8.80. The van der Waals surface area contributed by atoms with Gasteiger partial charge in [0.25, 0.3) is 0 Å². The third-order valence-corrected chi connectivity index (χ3v) is 5.77. The Morgan fingerprint density at radius 3 is 2.52 bits per heavy atom. The van der Waals surface area contributed by atoms with E-state index in [0.717, 1.165) is 0 Å². The zero-order valence-electron chi connectivity index (χ0n) is 17.1. The molecule has 0 bridgehead atoms. The number of halogens is 3. The van der Waals surface area contributed by atoms with Gasteiger partial charge in [0, 0.05) is 19.3 Å². The van der Waals surface area contributed by atoms with E-state index in [2.05, 4.69) is 20.4 Å². The highest BCUT2D eigenvalue weighted by Gasteiger charge is 2.49. The Morgan fingerprint density at radius 1 is 1.38 bits per heavy atom. The molecular formula is C18H27F3O6SSi. The number of rotatable bonds is 7. The first-order valence-corrected chi connectivity index (χ1v) is 14.0. The zero-order valence-corrected chi connectivity index (χ0v) is 18.9. The molecule has 0 unspecified atom stereocenters. The SMILES string of the molecule is COC(=O)C[C@H](C)C[C@@H]1CC(OS(=O)(=O)C(F)(F)F)=C[C@@H](CC#C[Si](C)(C)C)O1. The maximum absolute atomic E-state index is 12.7. The Bertz CT molecular complexity index is 774. The summed E-state index contributed by atoms with van der Waals surface area (Å²) in [6.45, 7) is 7.89. The third-order valence-electron chi connectivity index (χ3n) is 3.84. The van der Waals surface area contributed by atoms with Gasteiger partial charge in [0.1, 0.15) is 13.8 Å². The molecule has 1 heterocycles. The van der Waals surface area contributed by atoms with Gasteiger partial charge in [0.2, 0.25) is 0 Å². The molecule has 1 aliphatic rings. The third kappa shape index (κ3) is 9.23. The Labute approximate surface area is 170 Å². The first-order chi connectivity index (χ1) is 13.1. The maximum atomic E-state index is 12.7. The lowest BCUT2D eigenvalue weighted by Gasteiger charge is -2.30. The molecule has 0 amide bonds. The summed E-state index contributed by atoms with van der Waals surface area (Å²) in [6.07, 6.45) is 0.378. The van der Waals surface area contributed by atoms with Crippen LogP contribution in [-0.2, 0) is 28.6 Å². The molecule has 166 valence electrons. The van der Waals surface area contributed by atoms with E-state index in [1.54, 1.807) is 6.92 Å². The number of methoxy groups -OCH3 is 1. The van der Waals surface area contributed by atoms with Gasteiger partial charge in [-0.2, -0.15) is 21.6 Å². The minimum absolute atomic E-state index is 0.108. The summed E-state index contributed by atoms with van der Waals surface area (Å²) in [5, 5.41) is 0. The first-order valence-electron chi connectivity index (χ1n) is 9.06. The number of carbonyl (C=O) groups excluding carboxylic acids is 1. The molecular weight excluding hydrogens is 429 g/mol. The Morgan fingerprint density at radius 2 is 2.00 bits per heavy atom. The zero-order chi connectivity index (χ0) is 22.5. The Balaban J connectivity index is 2.98. The van der Waals surface area contributed by atoms with Gasteiger partial charge in [0.15, 0.2) is 0 Å². The molecule has 0 aromatic heterocycles. The molecule has 0 saturated carbocycles. The molecule has 29 heavy (non-hydrogen) atoms. The van der Waals surface area contributed by atoms with E-state index < -0.39 is 41.9 Å². The van der Waals surface area contributed by atoms with Crippen LogP contribution in [0.5, 0.6) is 0 Å². The van der Waals surface area contributed by atoms with E-state index in [-0.39, 0.29) is 30.9 Å². The fourth-order valence-electron chi connectivity index (χ4n) is 2.65. The van der Waals surface area contributed by atoms with E-state index in [4.69, 9.17) is 4.74 Å². The van der Waals surface area contributed by atoms with Crippen LogP contribution in [0.25, 0.3) is 0 Å². The highest BCUT2D eigenvalue weighted by atomic mass is 32.2. The van der Waals surface area contributed by atoms with Crippen LogP contribution in [-0.4, -0.2) is 47.3 Å². The van der Waals surface area contributed by atoms with E-state index >= 15 is 0 Å². The summed E-state index contributed by atoms with van der Waals surface area (Å²) >= 11 is 0. The van der Waals surface area contributed by atoms with Gasteiger partial charge >= 0.3 is 21.6 Å². The van der Waals surface area contributed by atoms with Gasteiger partial charge in [-0.05, 0) is 18.4 Å². The second-order valence-electron chi connectivity index (χ2n) is 7.99. The molecule has 0 aromatic carbocycles. The van der Waals surface area contributed by atoms with E-state index in [0.29, 0.717) is 6.42 Å². The predicted octanol–water partition coefficient (Wildman–Crippen LogP) is 3.75. The van der Waals surface area contributed by atoms with Crippen LogP contribution in [0.4, 0.5) is 13.2 Å². The minimum Gasteiger partial charge on any atom is -0.469 e. The quantitative estimate of drug-likeness (QED) is 0.191. The molecule has 1 rings (SSSR count). The number of carbonyl (C=O) groups is 1. The maximum Gasteiger partial charge on any atom is 0.534 e. The van der Waals surface area contributed by atoms with Crippen molar-refractivity contribution in [2.75, 3.05) is 7.11 Å². The van der Waals surface area contributed by atoms with Crippen LogP contribution >= 0.6 is 0 Å². The molecule has 11 heteroatoms. The smallest absolute Gasteiger partial charge is 0.469 e. The number of alkyl halides is 3. The fraction of sp³-hybridized carbons (Fsp3) is 0.722. The first kappa shape index (κ1) is 25.5. The number of hydrogen-bond donors (Lipinski definition) is 0. The average Bonchev–Trinajstić information content (AvgIpc) is 2.51. The van der Waals surface area contributed by atoms with Crippen LogP contribution < -0.4 is 0 Å². The predicted molar refractivity (Wildman–Crippen MR) is 104 cm³/mol. The molecule has 0 radical (unpaired) electrons. The largest absolute Gasteiger partial charge is 0.534 e. The van der Waals surface area contributed by atoms with Crippen molar-refractivity contribution in [3.8, 4) is 11.5 Å². The topological polar surface area (TPSA) is 78.9 Å². The lowest BCUT2D eigenvalue weighted by Crippen LogP contribution is -2.32. The van der Waals surface area contributed by atoms with Crippen molar-refractivity contribution >= 4 is 24.2 Å². The standard InChI is InChI=1S/C18H27F3O6SSi/c1-13(10-17(22)25-2)9-15-12-16(27-28(23,24)18(19,20)21)11-14(26-15)7-6-8-29(3,4)5/h11,13-15H,7,9-10,12H2,1-5H3/t13-,14-,15-/m1/s1. The van der Waals surface area contributed by atoms with E-state index in [1.165, 1.54) is 13.2 Å². The van der Waals surface area contributed by atoms with Gasteiger partial charge in [-0.25, -0.2) is 0 Å². The number of ether oxygens (including phenoxy) is 2. The summed E-state index contributed by atoms with van der Waals surface area (Å²) in [5.41, 5.74) is -2.40. The molecule has 0 N–H and O–H groups in total. The minimum atomic E-state index is -5.77. The lowest BCUT2D eigenvalue weighted by molar-refractivity contribution is -0.141. The number of hydrogen-bond acceptors (Lipinski definition) is 6. The summed E-state index contributed by atoms with van der Waals surface area (Å²) < 4.78 is 75.5. The Hall–Kier alpha value is -1.51. The molecule has 0 saturated heterocycles. The lowest BCUT2D eigenvalue weighted by atomic mass is 9.96. The molecule has 0 aliphatic carbocycles. The van der Waals surface area contributed by atoms with Crippen molar-refractivity contribution in [2.24, 2.45) is 5.92 Å². The molecule has 0 fully saturated rings. The van der Waals surface area contributed by atoms with Crippen molar-refractivity contribution < 1.29 is 40.0 Å².